The van der Waals surface area contributed by atoms with E-state index >= 15 is 0 Å². The topological polar surface area (TPSA) is 158 Å². The number of aromatic nitrogens is 2. The van der Waals surface area contributed by atoms with E-state index in [0.717, 1.165) is 114 Å². The molecular formula is C51H59ClN8O6S. The van der Waals surface area contributed by atoms with Crippen molar-refractivity contribution in [1.29, 1.82) is 0 Å². The number of nitro groups is 1. The van der Waals surface area contributed by atoms with Crippen LogP contribution in [0.25, 0.3) is 16.6 Å². The van der Waals surface area contributed by atoms with Crippen LogP contribution in [0.15, 0.2) is 95.7 Å². The van der Waals surface area contributed by atoms with Crippen LogP contribution in [-0.2, 0) is 15.7 Å². The highest BCUT2D eigenvalue weighted by atomic mass is 35.5. The second-order valence-electron chi connectivity index (χ2n) is 19.1. The molecule has 2 aromatic heterocycles. The number of carbonyl (C=O) groups excluding carboxylic acids is 1. The average molecular weight is 948 g/mol. The van der Waals surface area contributed by atoms with Crippen LogP contribution in [0, 0.1) is 21.4 Å². The van der Waals surface area contributed by atoms with Crippen molar-refractivity contribution < 1.29 is 23.4 Å². The normalized spacial score (nSPS) is 20.2. The number of allylic oxidation sites excluding steroid dienone is 1. The van der Waals surface area contributed by atoms with Gasteiger partial charge in [-0.3, -0.25) is 24.5 Å². The van der Waals surface area contributed by atoms with Crippen LogP contribution in [0.1, 0.15) is 80.1 Å². The molecule has 3 saturated heterocycles. The van der Waals surface area contributed by atoms with Crippen molar-refractivity contribution in [1.82, 2.24) is 24.5 Å². The molecule has 5 aromatic rings. The van der Waals surface area contributed by atoms with Crippen molar-refractivity contribution in [2.24, 2.45) is 11.3 Å². The molecule has 352 valence electrons. The zero-order valence-corrected chi connectivity index (χ0v) is 39.4. The number of fused-ring (bicyclic) bond motifs is 1. The van der Waals surface area contributed by atoms with E-state index in [-0.39, 0.29) is 21.9 Å². The van der Waals surface area contributed by atoms with Gasteiger partial charge >= 0.3 is 0 Å². The Morgan fingerprint density at radius 1 is 0.955 bits per heavy atom. The molecule has 16 heteroatoms. The predicted octanol–water partition coefficient (Wildman–Crippen LogP) is 9.60. The second-order valence-corrected chi connectivity index (χ2v) is 20.7. The maximum absolute atomic E-state index is 14.0. The number of anilines is 2. The number of pyridine rings is 1. The average Bonchev–Trinajstić information content (AvgIpc) is 3.82. The standard InChI is InChI=1S/C51H59ClN8O6S/c52-39-4-2-36(3-5-39)45-31-51(16-1-17-51)18-10-38(45)34-57-22-24-59(25-23-57)41-6-8-44(48(29-41)66-42-28-37-11-19-53-49(37)55-33-42)50(61)56-67(64)43-7-9-46(47(30-43)60(62)63)54-32-35-12-20-58(21-13-35)40-14-26-65-27-15-40/h2-9,11,19,28-30,33,35,40,54H,1,10,12-18,20-27,31-32,34H2,(H,53,55)(H,56,61). The molecule has 67 heavy (non-hydrogen) atoms. The number of rotatable bonds is 14. The lowest BCUT2D eigenvalue weighted by Crippen LogP contribution is -2.47. The fourth-order valence-electron chi connectivity index (χ4n) is 10.9. The fourth-order valence-corrected chi connectivity index (χ4v) is 11.8. The Bertz CT molecular complexity index is 2650. The van der Waals surface area contributed by atoms with Crippen LogP contribution in [0.5, 0.6) is 11.5 Å². The molecule has 0 bridgehead atoms. The van der Waals surface area contributed by atoms with E-state index in [0.29, 0.717) is 41.0 Å². The Labute approximate surface area is 399 Å². The number of carbonyl (C=O) groups is 1. The van der Waals surface area contributed by atoms with E-state index < -0.39 is 21.8 Å². The second kappa shape index (κ2) is 20.1. The Balaban J connectivity index is 0.813. The Kier molecular flexibility index (Phi) is 13.6. The Morgan fingerprint density at radius 2 is 1.75 bits per heavy atom. The van der Waals surface area contributed by atoms with Gasteiger partial charge in [0.05, 0.1) is 21.6 Å². The molecule has 10 rings (SSSR count). The van der Waals surface area contributed by atoms with E-state index in [4.69, 9.17) is 21.1 Å². The van der Waals surface area contributed by atoms with E-state index in [9.17, 15) is 19.1 Å². The molecule has 5 heterocycles. The maximum Gasteiger partial charge on any atom is 0.293 e. The zero-order chi connectivity index (χ0) is 45.9. The number of piperazine rings is 1. The third-order valence-corrected chi connectivity index (χ3v) is 16.3. The minimum absolute atomic E-state index is 0.112. The SMILES string of the molecule is O=C(NS(=O)c1ccc(NCC2CCN(C3CCOCC3)CC2)c([N+](=O)[O-])c1)c1ccc(N2CCN(CC3=C(c4ccc(Cl)cc4)CC4(CCC4)CC3)CC2)cc1Oc1cnc2[nH]ccc2c1. The van der Waals surface area contributed by atoms with Crippen molar-refractivity contribution in [3.8, 4) is 11.5 Å². The Hall–Kier alpha value is -5.32. The summed E-state index contributed by atoms with van der Waals surface area (Å²) < 4.78 is 28.3. The zero-order valence-electron chi connectivity index (χ0n) is 37.9. The molecule has 1 amide bonds. The first-order valence-electron chi connectivity index (χ1n) is 23.9. The van der Waals surface area contributed by atoms with Gasteiger partial charge < -0.3 is 29.6 Å². The van der Waals surface area contributed by atoms with Gasteiger partial charge in [-0.1, -0.05) is 35.7 Å². The summed E-state index contributed by atoms with van der Waals surface area (Å²) in [6.07, 6.45) is 15.1. The molecule has 1 atom stereocenters. The number of ether oxygens (including phenoxy) is 2. The summed E-state index contributed by atoms with van der Waals surface area (Å²) in [4.78, 5) is 41.0. The molecule has 3 aromatic carbocycles. The van der Waals surface area contributed by atoms with E-state index in [1.807, 2.05) is 36.4 Å². The summed E-state index contributed by atoms with van der Waals surface area (Å²) in [6, 6.07) is 22.6. The van der Waals surface area contributed by atoms with Crippen LogP contribution >= 0.6 is 11.6 Å². The van der Waals surface area contributed by atoms with Crippen LogP contribution in [0.3, 0.4) is 0 Å². The van der Waals surface area contributed by atoms with Crippen molar-refractivity contribution in [2.75, 3.05) is 75.8 Å². The van der Waals surface area contributed by atoms with Gasteiger partial charge in [-0.15, -0.1) is 0 Å². The molecule has 0 radical (unpaired) electrons. The lowest BCUT2D eigenvalue weighted by molar-refractivity contribution is -0.384. The summed E-state index contributed by atoms with van der Waals surface area (Å²) >= 11 is 6.30. The number of halogens is 1. The van der Waals surface area contributed by atoms with Crippen LogP contribution < -0.4 is 19.7 Å². The van der Waals surface area contributed by atoms with Crippen LogP contribution in [0.2, 0.25) is 5.02 Å². The maximum atomic E-state index is 14.0. The van der Waals surface area contributed by atoms with Crippen molar-refractivity contribution in [3.63, 3.8) is 0 Å². The van der Waals surface area contributed by atoms with Crippen LogP contribution in [0.4, 0.5) is 17.1 Å². The van der Waals surface area contributed by atoms with E-state index in [2.05, 4.69) is 46.8 Å². The summed E-state index contributed by atoms with van der Waals surface area (Å²) in [6.45, 7) is 8.54. The highest BCUT2D eigenvalue weighted by molar-refractivity contribution is 7.83. The molecule has 4 fully saturated rings. The number of hydrogen-bond donors (Lipinski definition) is 3. The lowest BCUT2D eigenvalue weighted by Gasteiger charge is -2.47. The minimum atomic E-state index is -2.11. The van der Waals surface area contributed by atoms with E-state index in [1.165, 1.54) is 42.9 Å². The number of aromatic amines is 1. The number of nitrogens with one attached hydrogen (secondary N) is 3. The number of likely N-dealkylation sites (tertiary alicyclic amines) is 1. The Morgan fingerprint density at radius 3 is 2.49 bits per heavy atom. The molecule has 5 aliphatic rings. The van der Waals surface area contributed by atoms with Gasteiger partial charge in [-0.2, -0.15) is 0 Å². The fraction of sp³-hybridized carbons (Fsp3) is 0.451. The van der Waals surface area contributed by atoms with E-state index in [1.54, 1.807) is 36.2 Å². The molecule has 2 aliphatic carbocycles. The van der Waals surface area contributed by atoms with Gasteiger partial charge in [0.1, 0.15) is 22.8 Å². The van der Waals surface area contributed by atoms with Gasteiger partial charge in [0.25, 0.3) is 11.6 Å². The summed E-state index contributed by atoms with van der Waals surface area (Å²) in [5.41, 5.74) is 6.75. The third-order valence-electron chi connectivity index (χ3n) is 15.0. The number of benzene rings is 3. The van der Waals surface area contributed by atoms with Gasteiger partial charge in [0.15, 0.2) is 11.0 Å². The molecule has 1 spiro atoms. The monoisotopic (exact) mass is 946 g/mol. The molecule has 3 aliphatic heterocycles. The van der Waals surface area contributed by atoms with Gasteiger partial charge in [0.2, 0.25) is 0 Å². The number of nitro benzene ring substituents is 1. The van der Waals surface area contributed by atoms with Gasteiger partial charge in [0, 0.05) is 92.9 Å². The lowest BCUT2D eigenvalue weighted by atomic mass is 9.59. The smallest absolute Gasteiger partial charge is 0.293 e. The van der Waals surface area contributed by atoms with Crippen molar-refractivity contribution in [2.45, 2.75) is 75.1 Å². The van der Waals surface area contributed by atoms with Gasteiger partial charge in [-0.05, 0) is 142 Å². The predicted molar refractivity (Wildman–Crippen MR) is 263 cm³/mol. The molecular weight excluding hydrogens is 888 g/mol. The quantitative estimate of drug-likeness (QED) is 0.0719. The molecule has 1 unspecified atom stereocenters. The van der Waals surface area contributed by atoms with Crippen molar-refractivity contribution in [3.05, 3.63) is 117 Å². The summed E-state index contributed by atoms with van der Waals surface area (Å²) in [7, 11) is -2.11. The minimum Gasteiger partial charge on any atom is -0.455 e. The first-order chi connectivity index (χ1) is 32.6. The summed E-state index contributed by atoms with van der Waals surface area (Å²) in [5, 5.41) is 17.2. The largest absolute Gasteiger partial charge is 0.455 e. The molecule has 3 N–H and O–H groups in total. The van der Waals surface area contributed by atoms with Gasteiger partial charge in [-0.25, -0.2) is 9.19 Å². The number of piperidine rings is 1. The number of H-pyrrole nitrogens is 1. The number of hydrogen-bond acceptors (Lipinski definition) is 11. The highest BCUT2D eigenvalue weighted by Gasteiger charge is 2.41. The molecule has 14 nitrogen and oxygen atoms in total. The number of amides is 1. The first kappa shape index (κ1) is 45.5. The summed E-state index contributed by atoms with van der Waals surface area (Å²) in [5.74, 6) is 0.461. The third kappa shape index (κ3) is 10.4. The van der Waals surface area contributed by atoms with Crippen LogP contribution in [-0.4, -0.2) is 106 Å². The number of nitrogens with zero attached hydrogens (tertiary/aromatic N) is 5. The van der Waals surface area contributed by atoms with Crippen molar-refractivity contribution >= 4 is 62.2 Å². The molecule has 1 saturated carbocycles. The highest BCUT2D eigenvalue weighted by Crippen LogP contribution is 2.55. The first-order valence-corrected chi connectivity index (χ1v) is 25.4.